The maximum Gasteiger partial charge on any atom is 0.323 e. The number of fused-ring (bicyclic) bond motifs is 1. The Morgan fingerprint density at radius 3 is 2.32 bits per heavy atom. The van der Waals surface area contributed by atoms with Gasteiger partial charge in [0.15, 0.2) is 5.78 Å². The molecule has 0 spiro atoms. The Kier molecular flexibility index (Phi) is 4.48. The van der Waals surface area contributed by atoms with Crippen LogP contribution in [0.25, 0.3) is 10.9 Å². The highest BCUT2D eigenvalue weighted by atomic mass is 16.4. The van der Waals surface area contributed by atoms with Crippen LogP contribution in [-0.2, 0) is 16.1 Å². The Labute approximate surface area is 145 Å². The van der Waals surface area contributed by atoms with Gasteiger partial charge in [0.05, 0.1) is 0 Å². The molecule has 7 heteroatoms. The van der Waals surface area contributed by atoms with Crippen LogP contribution < -0.4 is 4.90 Å². The molecule has 0 unspecified atom stereocenters. The van der Waals surface area contributed by atoms with E-state index < -0.39 is 5.97 Å². The van der Waals surface area contributed by atoms with Gasteiger partial charge in [-0.05, 0) is 25.1 Å². The third kappa shape index (κ3) is 3.35. The molecule has 25 heavy (non-hydrogen) atoms. The van der Waals surface area contributed by atoms with Gasteiger partial charge in [0.25, 0.3) is 0 Å². The van der Waals surface area contributed by atoms with Gasteiger partial charge < -0.3 is 19.5 Å². The number of carbonyl (C=O) groups excluding carboxylic acids is 2. The summed E-state index contributed by atoms with van der Waals surface area (Å²) in [6.07, 6.45) is 1.61. The first-order valence-electron chi connectivity index (χ1n) is 8.23. The molecular formula is C18H21N3O4. The molecule has 1 aliphatic rings. The summed E-state index contributed by atoms with van der Waals surface area (Å²) in [7, 11) is 0. The van der Waals surface area contributed by atoms with E-state index >= 15 is 0 Å². The molecule has 1 aliphatic heterocycles. The van der Waals surface area contributed by atoms with E-state index in [9.17, 15) is 14.4 Å². The average Bonchev–Trinajstić information content (AvgIpc) is 2.92. The first-order chi connectivity index (χ1) is 11.9. The van der Waals surface area contributed by atoms with Gasteiger partial charge in [0.2, 0.25) is 5.91 Å². The zero-order valence-corrected chi connectivity index (χ0v) is 14.4. The predicted octanol–water partition coefficient (Wildman–Crippen LogP) is 1.60. The molecule has 2 heterocycles. The molecule has 132 valence electrons. The number of benzene rings is 1. The van der Waals surface area contributed by atoms with Gasteiger partial charge in [0, 0.05) is 61.5 Å². The van der Waals surface area contributed by atoms with Crippen LogP contribution in [0.5, 0.6) is 0 Å². The minimum atomic E-state index is -0.948. The van der Waals surface area contributed by atoms with Crippen LogP contribution in [0.3, 0.4) is 0 Å². The van der Waals surface area contributed by atoms with E-state index in [4.69, 9.17) is 5.11 Å². The van der Waals surface area contributed by atoms with Crippen LogP contribution in [0.2, 0.25) is 0 Å². The number of carboxylic acid groups (broad SMARTS) is 1. The van der Waals surface area contributed by atoms with Crippen molar-refractivity contribution in [3.63, 3.8) is 0 Å². The van der Waals surface area contributed by atoms with Crippen LogP contribution >= 0.6 is 0 Å². The van der Waals surface area contributed by atoms with Crippen LogP contribution in [0.4, 0.5) is 5.69 Å². The number of Topliss-reactive ketones (excluding diaryl/α,β-unsaturated/α-hetero) is 1. The van der Waals surface area contributed by atoms with Crippen LogP contribution in [-0.4, -0.2) is 58.4 Å². The molecule has 1 N–H and O–H groups in total. The molecule has 1 fully saturated rings. The summed E-state index contributed by atoms with van der Waals surface area (Å²) >= 11 is 0. The van der Waals surface area contributed by atoms with Crippen molar-refractivity contribution in [1.82, 2.24) is 9.47 Å². The highest BCUT2D eigenvalue weighted by Gasteiger charge is 2.20. The van der Waals surface area contributed by atoms with E-state index in [0.717, 1.165) is 29.7 Å². The summed E-state index contributed by atoms with van der Waals surface area (Å²) < 4.78 is 1.59. The molecule has 2 aromatic rings. The summed E-state index contributed by atoms with van der Waals surface area (Å²) in [5.74, 6) is -0.955. The molecule has 0 bridgehead atoms. The lowest BCUT2D eigenvalue weighted by Gasteiger charge is -2.35. The second-order valence-electron chi connectivity index (χ2n) is 6.32. The van der Waals surface area contributed by atoms with E-state index in [0.29, 0.717) is 18.7 Å². The van der Waals surface area contributed by atoms with Crippen LogP contribution in [0, 0.1) is 0 Å². The van der Waals surface area contributed by atoms with Gasteiger partial charge in [-0.15, -0.1) is 0 Å². The second-order valence-corrected chi connectivity index (χ2v) is 6.32. The Bertz CT molecular complexity index is 847. The van der Waals surface area contributed by atoms with E-state index in [2.05, 4.69) is 4.90 Å². The van der Waals surface area contributed by atoms with Crippen molar-refractivity contribution >= 4 is 34.3 Å². The van der Waals surface area contributed by atoms with Gasteiger partial charge >= 0.3 is 5.97 Å². The lowest BCUT2D eigenvalue weighted by molar-refractivity contribution is -0.137. The number of ketones is 1. The zero-order chi connectivity index (χ0) is 18.1. The lowest BCUT2D eigenvalue weighted by Crippen LogP contribution is -2.48. The Hall–Kier alpha value is -2.83. The quantitative estimate of drug-likeness (QED) is 0.853. The number of hydrogen-bond donors (Lipinski definition) is 1. The van der Waals surface area contributed by atoms with E-state index in [1.54, 1.807) is 17.7 Å². The maximum atomic E-state index is 11.9. The van der Waals surface area contributed by atoms with Crippen molar-refractivity contribution in [3.05, 3.63) is 30.0 Å². The normalized spacial score (nSPS) is 14.8. The fourth-order valence-electron chi connectivity index (χ4n) is 3.32. The number of hydrogen-bond acceptors (Lipinski definition) is 4. The number of carboxylic acids is 1. The fraction of sp³-hybridized carbons (Fsp3) is 0.389. The molecule has 1 saturated heterocycles. The SMILES string of the molecule is CC(=O)c1cn(CC(=O)O)c2ccc(N3CCN(C(C)=O)CC3)cc12. The highest BCUT2D eigenvalue weighted by Crippen LogP contribution is 2.28. The smallest absolute Gasteiger partial charge is 0.323 e. The predicted molar refractivity (Wildman–Crippen MR) is 94.0 cm³/mol. The monoisotopic (exact) mass is 343 g/mol. The molecule has 0 atom stereocenters. The maximum absolute atomic E-state index is 11.9. The molecule has 3 rings (SSSR count). The number of anilines is 1. The molecule has 0 radical (unpaired) electrons. The van der Waals surface area contributed by atoms with Crippen LogP contribution in [0.1, 0.15) is 24.2 Å². The van der Waals surface area contributed by atoms with Crippen molar-refractivity contribution in [1.29, 1.82) is 0 Å². The average molecular weight is 343 g/mol. The van der Waals surface area contributed by atoms with Crippen LogP contribution in [0.15, 0.2) is 24.4 Å². The fourth-order valence-corrected chi connectivity index (χ4v) is 3.32. The number of rotatable bonds is 4. The van der Waals surface area contributed by atoms with Gasteiger partial charge in [-0.3, -0.25) is 14.4 Å². The number of aliphatic carboxylic acids is 1. The van der Waals surface area contributed by atoms with E-state index in [1.807, 2.05) is 23.1 Å². The van der Waals surface area contributed by atoms with E-state index in [-0.39, 0.29) is 18.2 Å². The number of nitrogens with zero attached hydrogens (tertiary/aromatic N) is 3. The third-order valence-corrected chi connectivity index (χ3v) is 4.64. The lowest BCUT2D eigenvalue weighted by atomic mass is 10.1. The van der Waals surface area contributed by atoms with Crippen molar-refractivity contribution in [2.75, 3.05) is 31.1 Å². The largest absolute Gasteiger partial charge is 0.480 e. The summed E-state index contributed by atoms with van der Waals surface area (Å²) in [5.41, 5.74) is 2.24. The Balaban J connectivity index is 1.94. The summed E-state index contributed by atoms with van der Waals surface area (Å²) in [6, 6.07) is 5.74. The van der Waals surface area contributed by atoms with Gasteiger partial charge in [0.1, 0.15) is 6.54 Å². The number of amides is 1. The minimum absolute atomic E-state index is 0.0831. The molecule has 1 amide bonds. The molecule has 0 saturated carbocycles. The number of carbonyl (C=O) groups is 3. The van der Waals surface area contributed by atoms with Crippen molar-refractivity contribution < 1.29 is 19.5 Å². The number of aromatic nitrogens is 1. The first kappa shape index (κ1) is 17.0. The topological polar surface area (TPSA) is 82.8 Å². The molecule has 1 aromatic heterocycles. The zero-order valence-electron chi connectivity index (χ0n) is 14.4. The summed E-state index contributed by atoms with van der Waals surface area (Å²) in [5, 5.41) is 9.82. The molecule has 1 aromatic carbocycles. The summed E-state index contributed by atoms with van der Waals surface area (Å²) in [4.78, 5) is 38.4. The molecular weight excluding hydrogens is 322 g/mol. The molecule has 0 aliphatic carbocycles. The first-order valence-corrected chi connectivity index (χ1v) is 8.23. The second kappa shape index (κ2) is 6.58. The Morgan fingerprint density at radius 1 is 1.08 bits per heavy atom. The van der Waals surface area contributed by atoms with E-state index in [1.165, 1.54) is 6.92 Å². The van der Waals surface area contributed by atoms with Crippen molar-refractivity contribution in [2.24, 2.45) is 0 Å². The minimum Gasteiger partial charge on any atom is -0.480 e. The van der Waals surface area contributed by atoms with Gasteiger partial charge in [-0.1, -0.05) is 0 Å². The molecule has 7 nitrogen and oxygen atoms in total. The number of piperazine rings is 1. The highest BCUT2D eigenvalue weighted by molar-refractivity contribution is 6.08. The summed E-state index contributed by atoms with van der Waals surface area (Å²) in [6.45, 7) is 5.69. The standard InChI is InChI=1S/C18H21N3O4/c1-12(22)16-10-21(11-18(24)25)17-4-3-14(9-15(16)17)20-7-5-19(6-8-20)13(2)23/h3-4,9-10H,5-8,11H2,1-2H3,(H,24,25). The Morgan fingerprint density at radius 2 is 1.76 bits per heavy atom. The van der Waals surface area contributed by atoms with Gasteiger partial charge in [-0.25, -0.2) is 0 Å². The third-order valence-electron chi connectivity index (χ3n) is 4.64. The van der Waals surface area contributed by atoms with Gasteiger partial charge in [-0.2, -0.15) is 0 Å². The van der Waals surface area contributed by atoms with Crippen molar-refractivity contribution in [3.8, 4) is 0 Å². The van der Waals surface area contributed by atoms with Crippen molar-refractivity contribution in [2.45, 2.75) is 20.4 Å².